The number of unbranched alkanes of at least 4 members (excludes halogenated alkanes) is 1. The van der Waals surface area contributed by atoms with Crippen LogP contribution in [0.1, 0.15) is 29.6 Å². The van der Waals surface area contributed by atoms with Gasteiger partial charge in [-0.3, -0.25) is 0 Å². The van der Waals surface area contributed by atoms with Crippen molar-refractivity contribution in [2.45, 2.75) is 19.3 Å². The lowest BCUT2D eigenvalue weighted by Crippen LogP contribution is -2.06. The highest BCUT2D eigenvalue weighted by Gasteiger charge is 2.05. The third-order valence-corrected chi connectivity index (χ3v) is 2.55. The van der Waals surface area contributed by atoms with E-state index in [-0.39, 0.29) is 12.6 Å². The Morgan fingerprint density at radius 3 is 2.74 bits per heavy atom. The van der Waals surface area contributed by atoms with E-state index in [2.05, 4.69) is 6.58 Å². The van der Waals surface area contributed by atoms with Crippen molar-refractivity contribution >= 4 is 5.97 Å². The number of carbonyl (C=O) groups is 1. The minimum absolute atomic E-state index is 0.200. The number of esters is 1. The van der Waals surface area contributed by atoms with Crippen molar-refractivity contribution in [3.8, 4) is 0 Å². The van der Waals surface area contributed by atoms with E-state index in [1.807, 2.05) is 18.2 Å². The average molecular weight is 260 g/mol. The van der Waals surface area contributed by atoms with Crippen LogP contribution in [0, 0.1) is 0 Å². The van der Waals surface area contributed by atoms with Crippen molar-refractivity contribution in [2.75, 3.05) is 13.2 Å². The van der Waals surface area contributed by atoms with Crippen molar-refractivity contribution in [3.63, 3.8) is 0 Å². The summed E-state index contributed by atoms with van der Waals surface area (Å²) in [5.74, 6) is -0.308. The zero-order chi connectivity index (χ0) is 13.9. The molecule has 0 spiro atoms. The number of hydrogen-bond acceptors (Lipinski definition) is 3. The van der Waals surface area contributed by atoms with E-state index in [0.29, 0.717) is 18.6 Å². The second-order valence-corrected chi connectivity index (χ2v) is 4.18. The SMILES string of the molecule is C=C(/C=C/CCCO)CCOC(=O)c1ccccc1. The van der Waals surface area contributed by atoms with Crippen LogP contribution in [0.25, 0.3) is 0 Å². The van der Waals surface area contributed by atoms with Gasteiger partial charge in [0.05, 0.1) is 12.2 Å². The van der Waals surface area contributed by atoms with Crippen LogP contribution in [-0.2, 0) is 4.74 Å². The standard InChI is InChI=1S/C16H20O3/c1-14(8-4-3-7-12-17)11-13-19-16(18)15-9-5-2-6-10-15/h2,4-6,8-10,17H,1,3,7,11-13H2/b8-4+. The molecule has 102 valence electrons. The maximum Gasteiger partial charge on any atom is 0.338 e. The number of rotatable bonds is 8. The first-order chi connectivity index (χ1) is 9.24. The first-order valence-corrected chi connectivity index (χ1v) is 6.41. The molecule has 3 nitrogen and oxygen atoms in total. The second kappa shape index (κ2) is 9.11. The number of hydrogen-bond donors (Lipinski definition) is 1. The molecule has 1 N–H and O–H groups in total. The molecule has 0 aliphatic heterocycles. The van der Waals surface area contributed by atoms with Gasteiger partial charge in [-0.05, 0) is 25.0 Å². The van der Waals surface area contributed by atoms with E-state index in [0.717, 1.165) is 18.4 Å². The summed E-state index contributed by atoms with van der Waals surface area (Å²) in [5, 5.41) is 8.63. The monoisotopic (exact) mass is 260 g/mol. The van der Waals surface area contributed by atoms with Gasteiger partial charge < -0.3 is 9.84 Å². The molecule has 0 saturated carbocycles. The summed E-state index contributed by atoms with van der Waals surface area (Å²) in [6.07, 6.45) is 6.09. The average Bonchev–Trinajstić information content (AvgIpc) is 2.44. The highest BCUT2D eigenvalue weighted by Crippen LogP contribution is 2.05. The molecule has 1 rings (SSSR count). The zero-order valence-electron chi connectivity index (χ0n) is 11.0. The van der Waals surface area contributed by atoms with Crippen molar-refractivity contribution in [1.29, 1.82) is 0 Å². The molecule has 0 heterocycles. The number of carbonyl (C=O) groups excluding carboxylic acids is 1. The van der Waals surface area contributed by atoms with Gasteiger partial charge in [-0.1, -0.05) is 42.5 Å². The lowest BCUT2D eigenvalue weighted by atomic mass is 10.2. The zero-order valence-corrected chi connectivity index (χ0v) is 11.0. The molecule has 0 saturated heterocycles. The lowest BCUT2D eigenvalue weighted by Gasteiger charge is -2.04. The van der Waals surface area contributed by atoms with E-state index < -0.39 is 0 Å². The van der Waals surface area contributed by atoms with Crippen LogP contribution < -0.4 is 0 Å². The molecule has 1 aromatic rings. The Balaban J connectivity index is 2.21. The van der Waals surface area contributed by atoms with E-state index in [9.17, 15) is 4.79 Å². The van der Waals surface area contributed by atoms with Crippen molar-refractivity contribution in [3.05, 3.63) is 60.2 Å². The highest BCUT2D eigenvalue weighted by molar-refractivity contribution is 5.89. The van der Waals surface area contributed by atoms with Crippen molar-refractivity contribution < 1.29 is 14.6 Å². The molecule has 0 bridgehead atoms. The molecule has 0 radical (unpaired) electrons. The highest BCUT2D eigenvalue weighted by atomic mass is 16.5. The first-order valence-electron chi connectivity index (χ1n) is 6.41. The Labute approximate surface area is 114 Å². The van der Waals surface area contributed by atoms with E-state index in [1.54, 1.807) is 24.3 Å². The van der Waals surface area contributed by atoms with Gasteiger partial charge >= 0.3 is 5.97 Å². The van der Waals surface area contributed by atoms with E-state index >= 15 is 0 Å². The van der Waals surface area contributed by atoms with Crippen LogP contribution in [-0.4, -0.2) is 24.3 Å². The molecule has 1 aromatic carbocycles. The van der Waals surface area contributed by atoms with Crippen LogP contribution in [0.4, 0.5) is 0 Å². The second-order valence-electron chi connectivity index (χ2n) is 4.18. The third kappa shape index (κ3) is 6.58. The molecule has 19 heavy (non-hydrogen) atoms. The Bertz CT molecular complexity index is 421. The molecule has 0 aliphatic carbocycles. The van der Waals surface area contributed by atoms with Crippen LogP contribution >= 0.6 is 0 Å². The normalized spacial score (nSPS) is 10.6. The van der Waals surface area contributed by atoms with Crippen molar-refractivity contribution in [1.82, 2.24) is 0 Å². The minimum atomic E-state index is -0.308. The molecule has 0 atom stereocenters. The number of aliphatic hydroxyl groups is 1. The molecule has 0 amide bonds. The van der Waals surface area contributed by atoms with Gasteiger partial charge in [0.2, 0.25) is 0 Å². The Morgan fingerprint density at radius 1 is 1.32 bits per heavy atom. The predicted molar refractivity (Wildman–Crippen MR) is 75.9 cm³/mol. The molecule has 0 fully saturated rings. The smallest absolute Gasteiger partial charge is 0.338 e. The van der Waals surface area contributed by atoms with Gasteiger partial charge in [-0.2, -0.15) is 0 Å². The minimum Gasteiger partial charge on any atom is -0.462 e. The maximum atomic E-state index is 11.6. The fraction of sp³-hybridized carbons (Fsp3) is 0.312. The Hall–Kier alpha value is -1.87. The molecule has 0 aliphatic rings. The topological polar surface area (TPSA) is 46.5 Å². The fourth-order valence-electron chi connectivity index (χ4n) is 1.47. The van der Waals surface area contributed by atoms with Crippen LogP contribution in [0.5, 0.6) is 0 Å². The molecular formula is C16H20O3. The summed E-state index contributed by atoms with van der Waals surface area (Å²) < 4.78 is 5.15. The van der Waals surface area contributed by atoms with E-state index in [1.165, 1.54) is 0 Å². The predicted octanol–water partition coefficient (Wildman–Crippen LogP) is 3.12. The van der Waals surface area contributed by atoms with Crippen LogP contribution in [0.2, 0.25) is 0 Å². The van der Waals surface area contributed by atoms with Gasteiger partial charge in [0, 0.05) is 13.0 Å². The summed E-state index contributed by atoms with van der Waals surface area (Å²) in [7, 11) is 0. The third-order valence-electron chi connectivity index (χ3n) is 2.55. The quantitative estimate of drug-likeness (QED) is 0.444. The van der Waals surface area contributed by atoms with Gasteiger partial charge in [0.25, 0.3) is 0 Å². The number of benzene rings is 1. The molecule has 0 aromatic heterocycles. The summed E-state index contributed by atoms with van der Waals surface area (Å²) in [6, 6.07) is 8.92. The first kappa shape index (κ1) is 15.2. The van der Waals surface area contributed by atoms with E-state index in [4.69, 9.17) is 9.84 Å². The largest absolute Gasteiger partial charge is 0.462 e. The number of aliphatic hydroxyl groups excluding tert-OH is 1. The van der Waals surface area contributed by atoms with Gasteiger partial charge in [0.15, 0.2) is 0 Å². The lowest BCUT2D eigenvalue weighted by molar-refractivity contribution is 0.0510. The number of ether oxygens (including phenoxy) is 1. The van der Waals surface area contributed by atoms with Gasteiger partial charge in [0.1, 0.15) is 0 Å². The summed E-state index contributed by atoms with van der Waals surface area (Å²) in [4.78, 5) is 11.6. The van der Waals surface area contributed by atoms with Crippen LogP contribution in [0.3, 0.4) is 0 Å². The van der Waals surface area contributed by atoms with Gasteiger partial charge in [-0.25, -0.2) is 4.79 Å². The summed E-state index contributed by atoms with van der Waals surface area (Å²) in [6.45, 7) is 4.41. The van der Waals surface area contributed by atoms with Crippen LogP contribution in [0.15, 0.2) is 54.6 Å². The number of allylic oxidation sites excluding steroid dienone is 2. The maximum absolute atomic E-state index is 11.6. The summed E-state index contributed by atoms with van der Waals surface area (Å²) in [5.41, 5.74) is 1.48. The Kier molecular flexibility index (Phi) is 7.28. The molecule has 3 heteroatoms. The molecular weight excluding hydrogens is 240 g/mol. The molecule has 0 unspecified atom stereocenters. The fourth-order valence-corrected chi connectivity index (χ4v) is 1.47. The Morgan fingerprint density at radius 2 is 2.05 bits per heavy atom. The van der Waals surface area contributed by atoms with Gasteiger partial charge in [-0.15, -0.1) is 0 Å². The van der Waals surface area contributed by atoms with Crippen molar-refractivity contribution in [2.24, 2.45) is 0 Å². The summed E-state index contributed by atoms with van der Waals surface area (Å²) >= 11 is 0.